The van der Waals surface area contributed by atoms with Crippen LogP contribution >= 0.6 is 0 Å². The Kier molecular flexibility index (Phi) is 4.17. The van der Waals surface area contributed by atoms with E-state index in [9.17, 15) is 4.79 Å². The van der Waals surface area contributed by atoms with Gasteiger partial charge in [0, 0.05) is 12.0 Å². The number of nitrogens with zero attached hydrogens (tertiary/aromatic N) is 2. The molecule has 1 heterocycles. The number of carbonyl (C=O) groups is 1. The molecular weight excluding hydrogens is 254 g/mol. The number of hydrogen-bond acceptors (Lipinski definition) is 4. The minimum atomic E-state index is -0.0812. The predicted molar refractivity (Wildman–Crippen MR) is 77.3 cm³/mol. The second kappa shape index (κ2) is 5.86. The fourth-order valence-corrected chi connectivity index (χ4v) is 1.99. The molecule has 1 N–H and O–H groups in total. The number of nitrogens with one attached hydrogen (secondary N) is 1. The van der Waals surface area contributed by atoms with Gasteiger partial charge in [0.1, 0.15) is 0 Å². The molecule has 0 aliphatic heterocycles. The van der Waals surface area contributed by atoms with Crippen LogP contribution in [0.2, 0.25) is 0 Å². The number of hydrogen-bond donors (Lipinski definition) is 1. The summed E-state index contributed by atoms with van der Waals surface area (Å²) in [5.41, 5.74) is 3.67. The molecule has 5 nitrogen and oxygen atoms in total. The van der Waals surface area contributed by atoms with E-state index in [-0.39, 0.29) is 5.91 Å². The van der Waals surface area contributed by atoms with Crippen LogP contribution in [-0.4, -0.2) is 16.2 Å². The molecule has 0 spiro atoms. The second-order valence-electron chi connectivity index (χ2n) is 5.43. The summed E-state index contributed by atoms with van der Waals surface area (Å²) in [7, 11) is 0. The third kappa shape index (κ3) is 3.23. The Morgan fingerprint density at radius 2 is 2.05 bits per heavy atom. The highest BCUT2D eigenvalue weighted by atomic mass is 16.6. The van der Waals surface area contributed by atoms with Crippen molar-refractivity contribution in [3.8, 4) is 11.3 Å². The maximum absolute atomic E-state index is 11.8. The number of benzene rings is 1. The maximum Gasteiger partial charge on any atom is 0.225 e. The molecule has 0 saturated heterocycles. The van der Waals surface area contributed by atoms with Crippen molar-refractivity contribution in [2.75, 3.05) is 5.32 Å². The van der Waals surface area contributed by atoms with Gasteiger partial charge in [-0.1, -0.05) is 31.5 Å². The first-order chi connectivity index (χ1) is 9.47. The standard InChI is InChI=1S/C15H19N3O2/c1-9(2)7-13(19)16-15-14(17-20-18-15)12-8-10(3)5-6-11(12)4/h5-6,8-9H,7H2,1-4H3,(H,16,18,19). The summed E-state index contributed by atoms with van der Waals surface area (Å²) in [4.78, 5) is 11.8. The molecular formula is C15H19N3O2. The Hall–Kier alpha value is -2.17. The Balaban J connectivity index is 2.29. The van der Waals surface area contributed by atoms with Gasteiger partial charge in [0.05, 0.1) is 0 Å². The first-order valence-corrected chi connectivity index (χ1v) is 6.67. The highest BCUT2D eigenvalue weighted by Gasteiger charge is 2.17. The largest absolute Gasteiger partial charge is 0.306 e. The van der Waals surface area contributed by atoms with E-state index in [1.807, 2.05) is 45.9 Å². The topological polar surface area (TPSA) is 68.0 Å². The van der Waals surface area contributed by atoms with Crippen molar-refractivity contribution in [3.63, 3.8) is 0 Å². The molecule has 5 heteroatoms. The van der Waals surface area contributed by atoms with Gasteiger partial charge >= 0.3 is 0 Å². The minimum absolute atomic E-state index is 0.0812. The Morgan fingerprint density at radius 3 is 2.75 bits per heavy atom. The summed E-state index contributed by atoms with van der Waals surface area (Å²) >= 11 is 0. The fraction of sp³-hybridized carbons (Fsp3) is 0.400. The van der Waals surface area contributed by atoms with E-state index >= 15 is 0 Å². The lowest BCUT2D eigenvalue weighted by Gasteiger charge is -2.07. The lowest BCUT2D eigenvalue weighted by Crippen LogP contribution is -2.14. The fourth-order valence-electron chi connectivity index (χ4n) is 1.99. The molecule has 0 unspecified atom stereocenters. The molecule has 0 aliphatic rings. The molecule has 106 valence electrons. The summed E-state index contributed by atoms with van der Waals surface area (Å²) in [6.45, 7) is 7.98. The van der Waals surface area contributed by atoms with Crippen molar-refractivity contribution in [2.24, 2.45) is 5.92 Å². The molecule has 2 aromatic rings. The molecule has 0 radical (unpaired) electrons. The van der Waals surface area contributed by atoms with E-state index in [0.29, 0.717) is 23.9 Å². The summed E-state index contributed by atoms with van der Waals surface area (Å²) in [6.07, 6.45) is 0.444. The lowest BCUT2D eigenvalue weighted by atomic mass is 10.0. The summed E-state index contributed by atoms with van der Waals surface area (Å²) < 4.78 is 4.79. The summed E-state index contributed by atoms with van der Waals surface area (Å²) in [5.74, 6) is 0.589. The summed E-state index contributed by atoms with van der Waals surface area (Å²) in [5, 5.41) is 10.5. The highest BCUT2D eigenvalue weighted by Crippen LogP contribution is 2.28. The number of aromatic nitrogens is 2. The normalized spacial score (nSPS) is 10.8. The average molecular weight is 273 g/mol. The third-order valence-corrected chi connectivity index (χ3v) is 2.99. The maximum atomic E-state index is 11.8. The number of aryl methyl sites for hydroxylation is 2. The molecule has 1 amide bonds. The van der Waals surface area contributed by atoms with Gasteiger partial charge in [0.25, 0.3) is 0 Å². The Morgan fingerprint density at radius 1 is 1.30 bits per heavy atom. The molecule has 0 bridgehead atoms. The van der Waals surface area contributed by atoms with Gasteiger partial charge < -0.3 is 5.32 Å². The zero-order chi connectivity index (χ0) is 14.7. The number of anilines is 1. The second-order valence-corrected chi connectivity index (χ2v) is 5.43. The van der Waals surface area contributed by atoms with Crippen LogP contribution in [0.4, 0.5) is 5.82 Å². The van der Waals surface area contributed by atoms with Crippen LogP contribution in [-0.2, 0) is 4.79 Å². The van der Waals surface area contributed by atoms with Crippen LogP contribution in [0.25, 0.3) is 11.3 Å². The van der Waals surface area contributed by atoms with E-state index in [0.717, 1.165) is 16.7 Å². The Bertz CT molecular complexity index is 617. The lowest BCUT2D eigenvalue weighted by molar-refractivity contribution is -0.116. The van der Waals surface area contributed by atoms with Gasteiger partial charge in [-0.15, -0.1) is 0 Å². The van der Waals surface area contributed by atoms with Gasteiger partial charge in [0.15, 0.2) is 5.69 Å². The Labute approximate surface area is 118 Å². The van der Waals surface area contributed by atoms with Crippen LogP contribution in [0, 0.1) is 19.8 Å². The monoisotopic (exact) mass is 273 g/mol. The third-order valence-electron chi connectivity index (χ3n) is 2.99. The molecule has 1 aromatic heterocycles. The highest BCUT2D eigenvalue weighted by molar-refractivity contribution is 5.93. The van der Waals surface area contributed by atoms with Crippen LogP contribution in [0.15, 0.2) is 22.8 Å². The van der Waals surface area contributed by atoms with E-state index < -0.39 is 0 Å². The van der Waals surface area contributed by atoms with E-state index in [1.54, 1.807) is 0 Å². The molecule has 0 aliphatic carbocycles. The first kappa shape index (κ1) is 14.2. The van der Waals surface area contributed by atoms with E-state index in [2.05, 4.69) is 15.6 Å². The average Bonchev–Trinajstić information content (AvgIpc) is 2.79. The van der Waals surface area contributed by atoms with E-state index in [1.165, 1.54) is 0 Å². The van der Waals surface area contributed by atoms with Gasteiger partial charge in [-0.05, 0) is 41.7 Å². The van der Waals surface area contributed by atoms with Gasteiger partial charge in [-0.2, -0.15) is 0 Å². The minimum Gasteiger partial charge on any atom is -0.306 e. The first-order valence-electron chi connectivity index (χ1n) is 6.67. The quantitative estimate of drug-likeness (QED) is 0.927. The number of rotatable bonds is 4. The molecule has 0 saturated carbocycles. The van der Waals surface area contributed by atoms with Crippen molar-refractivity contribution >= 4 is 11.7 Å². The van der Waals surface area contributed by atoms with Gasteiger partial charge in [-0.3, -0.25) is 4.79 Å². The van der Waals surface area contributed by atoms with Gasteiger partial charge in [0.2, 0.25) is 11.7 Å². The van der Waals surface area contributed by atoms with Crippen LogP contribution in [0.3, 0.4) is 0 Å². The van der Waals surface area contributed by atoms with Crippen molar-refractivity contribution in [2.45, 2.75) is 34.1 Å². The molecule has 0 atom stereocenters. The smallest absolute Gasteiger partial charge is 0.225 e. The van der Waals surface area contributed by atoms with Crippen LogP contribution in [0.1, 0.15) is 31.4 Å². The van der Waals surface area contributed by atoms with Crippen molar-refractivity contribution < 1.29 is 9.42 Å². The van der Waals surface area contributed by atoms with Crippen molar-refractivity contribution in [1.29, 1.82) is 0 Å². The molecule has 1 aromatic carbocycles. The number of amides is 1. The SMILES string of the molecule is Cc1ccc(C)c(-c2nonc2NC(=O)CC(C)C)c1. The van der Waals surface area contributed by atoms with Crippen LogP contribution in [0.5, 0.6) is 0 Å². The summed E-state index contributed by atoms with van der Waals surface area (Å²) in [6, 6.07) is 6.05. The van der Waals surface area contributed by atoms with Crippen LogP contribution < -0.4 is 5.32 Å². The van der Waals surface area contributed by atoms with Crippen molar-refractivity contribution in [1.82, 2.24) is 10.3 Å². The molecule has 0 fully saturated rings. The zero-order valence-corrected chi connectivity index (χ0v) is 12.2. The van der Waals surface area contributed by atoms with Gasteiger partial charge in [-0.25, -0.2) is 4.63 Å². The molecule has 2 rings (SSSR count). The predicted octanol–water partition coefficient (Wildman–Crippen LogP) is 3.34. The molecule has 20 heavy (non-hydrogen) atoms. The zero-order valence-electron chi connectivity index (χ0n) is 12.2. The van der Waals surface area contributed by atoms with E-state index in [4.69, 9.17) is 4.63 Å². The van der Waals surface area contributed by atoms with Crippen molar-refractivity contribution in [3.05, 3.63) is 29.3 Å². The number of carbonyl (C=O) groups excluding carboxylic acids is 1.